The Hall–Kier alpha value is -7.90. The summed E-state index contributed by atoms with van der Waals surface area (Å²) in [4.78, 5) is 78.9. The van der Waals surface area contributed by atoms with Gasteiger partial charge in [0, 0.05) is 68.1 Å². The largest absolute Gasteiger partial charge is 0.476 e. The average molecular weight is 1200 g/mol. The Morgan fingerprint density at radius 1 is 0.851 bits per heavy atom. The fourth-order valence-corrected chi connectivity index (χ4v) is 15.1. The number of carbonyl (C=O) groups is 5. The molecule has 1 saturated heterocycles. The number of para-hydroxylation sites is 1. The number of ether oxygens (including phenoxy) is 3. The molecule has 7 heterocycles. The Bertz CT molecular complexity index is 3680. The number of pyridine rings is 1. The molecule has 5 aromatic heterocycles. The molecular weight excluding hydrogens is 1130 g/mol. The van der Waals surface area contributed by atoms with Crippen molar-refractivity contribution in [3.8, 4) is 11.1 Å². The second-order valence-corrected chi connectivity index (χ2v) is 25.6. The second kappa shape index (κ2) is 25.4. The number of amides is 4. The number of aromatic carboxylic acids is 1. The number of unbranched alkanes of at least 4 members (excludes halogenated alkanes) is 2. The van der Waals surface area contributed by atoms with Crippen molar-refractivity contribution < 1.29 is 43.3 Å². The highest BCUT2D eigenvalue weighted by atomic mass is 32.1. The van der Waals surface area contributed by atoms with Crippen LogP contribution in [0.25, 0.3) is 21.3 Å². The second-order valence-electron chi connectivity index (χ2n) is 24.5. The number of aryl methyl sites for hydroxylation is 2. The van der Waals surface area contributed by atoms with E-state index in [1.165, 1.54) is 19.3 Å². The molecule has 3 unspecified atom stereocenters. The van der Waals surface area contributed by atoms with Crippen LogP contribution in [0.5, 0.6) is 0 Å². The number of likely N-dealkylation sites (N-methyl/N-ethyl adjacent to an activating group) is 1. The Morgan fingerprint density at radius 2 is 1.68 bits per heavy atom. The third-order valence-electron chi connectivity index (χ3n) is 17.8. The number of rotatable bonds is 28. The van der Waals surface area contributed by atoms with E-state index in [0.29, 0.717) is 86.3 Å². The van der Waals surface area contributed by atoms with Crippen LogP contribution < -0.4 is 15.5 Å². The van der Waals surface area contributed by atoms with Crippen LogP contribution >= 0.6 is 11.3 Å². The van der Waals surface area contributed by atoms with E-state index in [4.69, 9.17) is 39.5 Å². The summed E-state index contributed by atoms with van der Waals surface area (Å²) < 4.78 is 23.4. The zero-order valence-corrected chi connectivity index (χ0v) is 50.5. The first-order valence-electron chi connectivity index (χ1n) is 30.2. The maximum absolute atomic E-state index is 13.4. The number of carbonyl (C=O) groups excluding carboxylic acids is 4. The number of hydrogen-bond acceptors (Lipinski definition) is 19. The van der Waals surface area contributed by atoms with Crippen molar-refractivity contribution >= 4 is 68.5 Å². The number of hydrogen-bond donors (Lipinski definition) is 3. The number of nitrogens with one attached hydrogen (secondary N) is 2. The van der Waals surface area contributed by atoms with Gasteiger partial charge < -0.3 is 34.4 Å². The molecule has 2 aromatic carbocycles. The lowest BCUT2D eigenvalue weighted by Crippen LogP contribution is -2.58. The van der Waals surface area contributed by atoms with Gasteiger partial charge in [0.05, 0.1) is 83.1 Å². The van der Waals surface area contributed by atoms with Crippen LogP contribution in [0.4, 0.5) is 17.3 Å². The molecule has 0 spiro atoms. The smallest absolute Gasteiger partial charge is 0.355 e. The van der Waals surface area contributed by atoms with E-state index in [2.05, 4.69) is 50.7 Å². The summed E-state index contributed by atoms with van der Waals surface area (Å²) in [6.45, 7) is 9.08. The van der Waals surface area contributed by atoms with Gasteiger partial charge in [-0.15, -0.1) is 21.5 Å². The van der Waals surface area contributed by atoms with E-state index < -0.39 is 35.6 Å². The van der Waals surface area contributed by atoms with Crippen LogP contribution in [0.1, 0.15) is 129 Å². The number of anilines is 3. The summed E-state index contributed by atoms with van der Waals surface area (Å²) in [5.41, 5.74) is 6.38. The lowest BCUT2D eigenvalue weighted by molar-refractivity contribution is -0.197. The molecule has 23 nitrogen and oxygen atoms in total. The van der Waals surface area contributed by atoms with Crippen LogP contribution in [-0.4, -0.2) is 161 Å². The van der Waals surface area contributed by atoms with Crippen LogP contribution in [0.2, 0.25) is 0 Å². The van der Waals surface area contributed by atoms with Crippen LogP contribution in [0.15, 0.2) is 73.1 Å². The van der Waals surface area contributed by atoms with Gasteiger partial charge in [0.25, 0.3) is 11.8 Å². The molecule has 5 fully saturated rings. The fraction of sp³-hybridized carbons (Fsp3) is 0.492. The molecule has 3 atom stereocenters. The van der Waals surface area contributed by atoms with E-state index in [-0.39, 0.29) is 47.3 Å². The van der Waals surface area contributed by atoms with Crippen molar-refractivity contribution in [2.75, 3.05) is 70.4 Å². The molecule has 87 heavy (non-hydrogen) atoms. The molecule has 13 rings (SSSR count). The predicted octanol–water partition coefficient (Wildman–Crippen LogP) is 7.81. The van der Waals surface area contributed by atoms with Crippen molar-refractivity contribution in [2.24, 2.45) is 17.3 Å². The van der Waals surface area contributed by atoms with Crippen molar-refractivity contribution in [1.29, 1.82) is 0 Å². The molecule has 0 radical (unpaired) electrons. The van der Waals surface area contributed by atoms with Gasteiger partial charge in [0.2, 0.25) is 11.8 Å². The minimum Gasteiger partial charge on any atom is -0.476 e. The minimum atomic E-state index is -1.13. The molecule has 4 aliphatic carbocycles. The Labute approximate surface area is 508 Å². The number of aromatic nitrogens is 9. The van der Waals surface area contributed by atoms with E-state index in [9.17, 15) is 29.1 Å². The predicted molar refractivity (Wildman–Crippen MR) is 324 cm³/mol. The van der Waals surface area contributed by atoms with Gasteiger partial charge in [-0.3, -0.25) is 38.8 Å². The standard InChI is InChI=1S/C63H74N14O9S/c1-39-27-53(71-70-49(39)29-55-66-47-12-6-7-14-51(47)87-55)75(52-17-15-44(57(67-52)61(82)83)46-34-65-76(40(46)2)38-62-30-41-28-42(31-62)33-63(32-41,37-62)86-24-22-73(3)4)21-9-5-8-20-74-35-43(69-72-74)36-85-26-25-84-23-19-64-48-13-10-11-45-56(48)60(81)77(59(45)80)50-16-18-54(78)68-58(50)79/h6-7,10-15,17,27,34-35,41-42,50,64H,5,8-9,16,18-26,28-33,36-38H2,1-4H3,(H,82,83)(H,68,78,79). The summed E-state index contributed by atoms with van der Waals surface area (Å²) in [6, 6.07) is 17.7. The first kappa shape index (κ1) is 59.4. The maximum Gasteiger partial charge on any atom is 0.355 e. The number of imide groups is 2. The van der Waals surface area contributed by atoms with Crippen molar-refractivity contribution in [1.82, 2.24) is 60.1 Å². The third kappa shape index (κ3) is 12.9. The van der Waals surface area contributed by atoms with Crippen molar-refractivity contribution in [2.45, 2.75) is 122 Å². The summed E-state index contributed by atoms with van der Waals surface area (Å²) in [5, 5.41) is 40.3. The number of piperidine rings is 1. The van der Waals surface area contributed by atoms with E-state index in [1.807, 2.05) is 67.5 Å². The third-order valence-corrected chi connectivity index (χ3v) is 18.9. The molecule has 7 aromatic rings. The van der Waals surface area contributed by atoms with Gasteiger partial charge in [-0.1, -0.05) is 23.4 Å². The highest BCUT2D eigenvalue weighted by molar-refractivity contribution is 7.18. The molecule has 456 valence electrons. The van der Waals surface area contributed by atoms with E-state index in [1.54, 1.807) is 34.2 Å². The average Bonchev–Trinajstić information content (AvgIpc) is 1.53. The van der Waals surface area contributed by atoms with Gasteiger partial charge in [0.1, 0.15) is 17.6 Å². The quantitative estimate of drug-likeness (QED) is 0.0312. The highest BCUT2D eigenvalue weighted by Crippen LogP contribution is 2.63. The summed E-state index contributed by atoms with van der Waals surface area (Å²) in [6.07, 6.45) is 13.6. The number of thiazole rings is 1. The van der Waals surface area contributed by atoms with Crippen LogP contribution in [-0.2, 0) is 49.9 Å². The van der Waals surface area contributed by atoms with Crippen molar-refractivity contribution in [3.05, 3.63) is 118 Å². The number of fused-ring (bicyclic) bond motifs is 2. The molecule has 4 bridgehead atoms. The molecular formula is C63H74N14O9S. The number of carboxylic acid groups (broad SMARTS) is 1. The maximum atomic E-state index is 13.4. The van der Waals surface area contributed by atoms with Gasteiger partial charge in [-0.25, -0.2) is 14.8 Å². The molecule has 4 saturated carbocycles. The summed E-state index contributed by atoms with van der Waals surface area (Å²) >= 11 is 1.64. The first-order valence-corrected chi connectivity index (χ1v) is 31.1. The first-order chi connectivity index (χ1) is 42.1. The van der Waals surface area contributed by atoms with E-state index in [0.717, 1.165) is 101 Å². The van der Waals surface area contributed by atoms with Gasteiger partial charge >= 0.3 is 5.97 Å². The number of nitrogens with zero attached hydrogens (tertiary/aromatic N) is 12. The normalized spacial score (nSPS) is 21.4. The van der Waals surface area contributed by atoms with Gasteiger partial charge in [-0.05, 0) is 157 Å². The molecule has 24 heteroatoms. The Balaban J connectivity index is 0.652. The van der Waals surface area contributed by atoms with Gasteiger partial charge in [-0.2, -0.15) is 10.2 Å². The van der Waals surface area contributed by atoms with E-state index >= 15 is 0 Å². The highest BCUT2D eigenvalue weighted by Gasteiger charge is 2.58. The zero-order valence-electron chi connectivity index (χ0n) is 49.7. The Morgan fingerprint density at radius 3 is 2.47 bits per heavy atom. The molecule has 3 N–H and O–H groups in total. The summed E-state index contributed by atoms with van der Waals surface area (Å²) in [5.74, 6) is -1.02. The van der Waals surface area contributed by atoms with Gasteiger partial charge in [0.15, 0.2) is 11.5 Å². The molecule has 2 aliphatic heterocycles. The lowest BCUT2D eigenvalue weighted by Gasteiger charge is -2.61. The number of benzene rings is 2. The monoisotopic (exact) mass is 1200 g/mol. The van der Waals surface area contributed by atoms with Crippen LogP contribution in [0, 0.1) is 31.1 Å². The molecule has 4 amide bonds. The number of carboxylic acids is 1. The lowest BCUT2D eigenvalue weighted by atomic mass is 9.48. The topological polar surface area (TPSA) is 267 Å². The van der Waals surface area contributed by atoms with Crippen LogP contribution in [0.3, 0.4) is 0 Å². The fourth-order valence-electron chi connectivity index (χ4n) is 14.2. The minimum absolute atomic E-state index is 0.0463. The SMILES string of the molecule is Cc1cc(N(CCCCCn2cc(COCCOCCNc3cccc4c3C(=O)N(C3CCC(=O)NC3=O)C4=O)nn2)c2ccc(-c3cnn(CC45CC6CC(C4)CC(OCCN(C)C)(C6)C5)c3C)c(C(=O)O)n2)nnc1Cc1nc2ccccc2s1. The Kier molecular flexibility index (Phi) is 17.4. The summed E-state index contributed by atoms with van der Waals surface area (Å²) in [7, 11) is 4.18. The van der Waals surface area contributed by atoms with Crippen molar-refractivity contribution in [3.63, 3.8) is 0 Å². The molecule has 6 aliphatic rings. The zero-order chi connectivity index (χ0) is 60.4.